The smallest absolute Gasteiger partial charge is 0.410 e. The molecule has 27 heavy (non-hydrogen) atoms. The molecule has 2 aromatic rings. The summed E-state index contributed by atoms with van der Waals surface area (Å²) in [5.41, 5.74) is 1.28. The van der Waals surface area contributed by atoms with Crippen LogP contribution in [0.2, 0.25) is 0 Å². The van der Waals surface area contributed by atoms with Gasteiger partial charge in [-0.3, -0.25) is 0 Å². The Kier molecular flexibility index (Phi) is 5.21. The number of hydrogen-bond acceptors (Lipinski definition) is 7. The summed E-state index contributed by atoms with van der Waals surface area (Å²) >= 11 is 0. The van der Waals surface area contributed by atoms with E-state index in [0.717, 1.165) is 5.56 Å². The maximum Gasteiger partial charge on any atom is 0.410 e. The van der Waals surface area contributed by atoms with Crippen LogP contribution in [0.4, 0.5) is 10.7 Å². The molecule has 0 radical (unpaired) electrons. The van der Waals surface area contributed by atoms with Gasteiger partial charge in [0.05, 0.1) is 5.69 Å². The van der Waals surface area contributed by atoms with E-state index in [4.69, 9.17) is 10.00 Å². The molecule has 0 saturated carbocycles. The number of nitrogens with zero attached hydrogens (tertiary/aromatic N) is 6. The van der Waals surface area contributed by atoms with E-state index in [1.165, 1.54) is 0 Å². The molecule has 1 saturated heterocycles. The SMILES string of the molecule is CC(C)(C)OC(=O)N1CCN(c2ncc(-c3cccc(C#N)n3)cn2)CC1. The Morgan fingerprint density at radius 1 is 1.15 bits per heavy atom. The number of piperazine rings is 1. The Morgan fingerprint density at radius 3 is 2.41 bits per heavy atom. The number of nitriles is 1. The van der Waals surface area contributed by atoms with Crippen molar-refractivity contribution in [1.82, 2.24) is 19.9 Å². The highest BCUT2D eigenvalue weighted by Gasteiger charge is 2.26. The first-order chi connectivity index (χ1) is 12.9. The monoisotopic (exact) mass is 366 g/mol. The third-order valence-corrected chi connectivity index (χ3v) is 4.01. The number of anilines is 1. The van der Waals surface area contributed by atoms with Crippen LogP contribution in [0.25, 0.3) is 11.3 Å². The molecule has 1 fully saturated rings. The number of carbonyl (C=O) groups excluding carboxylic acids is 1. The van der Waals surface area contributed by atoms with Crippen LogP contribution in [0.3, 0.4) is 0 Å². The second-order valence-electron chi connectivity index (χ2n) is 7.25. The molecule has 0 atom stereocenters. The van der Waals surface area contributed by atoms with Gasteiger partial charge >= 0.3 is 6.09 Å². The minimum atomic E-state index is -0.496. The summed E-state index contributed by atoms with van der Waals surface area (Å²) in [4.78, 5) is 29.0. The highest BCUT2D eigenvalue weighted by molar-refractivity contribution is 5.68. The van der Waals surface area contributed by atoms with Gasteiger partial charge in [0.2, 0.25) is 5.95 Å². The summed E-state index contributed by atoms with van der Waals surface area (Å²) in [6, 6.07) is 7.28. The molecule has 0 bridgehead atoms. The van der Waals surface area contributed by atoms with Crippen LogP contribution in [-0.2, 0) is 4.74 Å². The van der Waals surface area contributed by atoms with Crippen molar-refractivity contribution in [3.8, 4) is 17.3 Å². The van der Waals surface area contributed by atoms with Gasteiger partial charge in [-0.15, -0.1) is 0 Å². The van der Waals surface area contributed by atoms with Gasteiger partial charge < -0.3 is 14.5 Å². The van der Waals surface area contributed by atoms with Crippen LogP contribution in [0.15, 0.2) is 30.6 Å². The first-order valence-electron chi connectivity index (χ1n) is 8.78. The molecule has 8 nitrogen and oxygen atoms in total. The average Bonchev–Trinajstić information content (AvgIpc) is 2.67. The Labute approximate surface area is 158 Å². The third-order valence-electron chi connectivity index (χ3n) is 4.01. The Morgan fingerprint density at radius 2 is 1.81 bits per heavy atom. The van der Waals surface area contributed by atoms with Crippen LogP contribution in [-0.4, -0.2) is 57.7 Å². The van der Waals surface area contributed by atoms with Crippen molar-refractivity contribution < 1.29 is 9.53 Å². The summed E-state index contributed by atoms with van der Waals surface area (Å²) in [6.45, 7) is 7.98. The number of aromatic nitrogens is 3. The summed E-state index contributed by atoms with van der Waals surface area (Å²) < 4.78 is 5.41. The van der Waals surface area contributed by atoms with Gasteiger partial charge in [0.15, 0.2) is 0 Å². The second kappa shape index (κ2) is 7.58. The first-order valence-corrected chi connectivity index (χ1v) is 8.78. The second-order valence-corrected chi connectivity index (χ2v) is 7.25. The maximum atomic E-state index is 12.1. The molecule has 1 aliphatic rings. The van der Waals surface area contributed by atoms with Gasteiger partial charge in [0.1, 0.15) is 17.4 Å². The van der Waals surface area contributed by atoms with E-state index in [1.807, 2.05) is 37.8 Å². The van der Waals surface area contributed by atoms with Crippen molar-refractivity contribution >= 4 is 12.0 Å². The number of amides is 1. The molecular weight excluding hydrogens is 344 g/mol. The largest absolute Gasteiger partial charge is 0.444 e. The normalized spacial score (nSPS) is 14.6. The standard InChI is InChI=1S/C19H22N6O2/c1-19(2,3)27-18(26)25-9-7-24(8-10-25)17-21-12-14(13-22-17)16-6-4-5-15(11-20)23-16/h4-6,12-13H,7-10H2,1-3H3. The highest BCUT2D eigenvalue weighted by Crippen LogP contribution is 2.19. The zero-order valence-corrected chi connectivity index (χ0v) is 15.7. The highest BCUT2D eigenvalue weighted by atomic mass is 16.6. The molecule has 0 aliphatic carbocycles. The molecule has 1 aliphatic heterocycles. The molecule has 2 aromatic heterocycles. The Bertz CT molecular complexity index is 846. The molecular formula is C19H22N6O2. The van der Waals surface area contributed by atoms with Gasteiger partial charge in [-0.05, 0) is 32.9 Å². The maximum absolute atomic E-state index is 12.1. The number of rotatable bonds is 2. The van der Waals surface area contributed by atoms with Crippen molar-refractivity contribution in [3.63, 3.8) is 0 Å². The number of hydrogen-bond donors (Lipinski definition) is 0. The number of pyridine rings is 1. The van der Waals surface area contributed by atoms with Crippen molar-refractivity contribution in [3.05, 3.63) is 36.3 Å². The predicted octanol–water partition coefficient (Wildman–Crippen LogP) is 2.47. The predicted molar refractivity (Wildman–Crippen MR) is 100.0 cm³/mol. The van der Waals surface area contributed by atoms with Crippen molar-refractivity contribution in [2.24, 2.45) is 0 Å². The minimum Gasteiger partial charge on any atom is -0.444 e. The first kappa shape index (κ1) is 18.6. The molecule has 0 aromatic carbocycles. The molecule has 0 N–H and O–H groups in total. The van der Waals surface area contributed by atoms with E-state index < -0.39 is 5.60 Å². The van der Waals surface area contributed by atoms with Gasteiger partial charge in [-0.25, -0.2) is 19.7 Å². The van der Waals surface area contributed by atoms with E-state index in [0.29, 0.717) is 43.5 Å². The fourth-order valence-corrected chi connectivity index (χ4v) is 2.69. The van der Waals surface area contributed by atoms with Crippen molar-refractivity contribution in [2.75, 3.05) is 31.1 Å². The van der Waals surface area contributed by atoms with Gasteiger partial charge in [-0.1, -0.05) is 6.07 Å². The molecule has 1 amide bonds. The van der Waals surface area contributed by atoms with E-state index >= 15 is 0 Å². The van der Waals surface area contributed by atoms with Crippen LogP contribution < -0.4 is 4.90 Å². The lowest BCUT2D eigenvalue weighted by Gasteiger charge is -2.35. The fourth-order valence-electron chi connectivity index (χ4n) is 2.69. The lowest BCUT2D eigenvalue weighted by atomic mass is 10.2. The lowest BCUT2D eigenvalue weighted by molar-refractivity contribution is 0.0240. The van der Waals surface area contributed by atoms with Gasteiger partial charge in [0, 0.05) is 44.1 Å². The topological polar surface area (TPSA) is 95.2 Å². The molecule has 0 unspecified atom stereocenters. The summed E-state index contributed by atoms with van der Waals surface area (Å²) in [5, 5.41) is 8.96. The van der Waals surface area contributed by atoms with E-state index in [9.17, 15) is 4.79 Å². The zero-order valence-electron chi connectivity index (χ0n) is 15.7. The minimum absolute atomic E-state index is 0.290. The van der Waals surface area contributed by atoms with Crippen LogP contribution in [0.5, 0.6) is 0 Å². The number of ether oxygens (including phenoxy) is 1. The Balaban J connectivity index is 1.62. The van der Waals surface area contributed by atoms with Crippen LogP contribution in [0, 0.1) is 11.3 Å². The number of carbonyl (C=O) groups is 1. The van der Waals surface area contributed by atoms with E-state index in [-0.39, 0.29) is 6.09 Å². The molecule has 3 rings (SSSR count). The molecule has 140 valence electrons. The third kappa shape index (κ3) is 4.70. The fraction of sp³-hybridized carbons (Fsp3) is 0.421. The van der Waals surface area contributed by atoms with Gasteiger partial charge in [-0.2, -0.15) is 5.26 Å². The summed E-state index contributed by atoms with van der Waals surface area (Å²) in [5.74, 6) is 0.610. The van der Waals surface area contributed by atoms with E-state index in [2.05, 4.69) is 15.0 Å². The Hall–Kier alpha value is -3.21. The van der Waals surface area contributed by atoms with Crippen molar-refractivity contribution in [2.45, 2.75) is 26.4 Å². The molecule has 3 heterocycles. The van der Waals surface area contributed by atoms with E-state index in [1.54, 1.807) is 29.4 Å². The zero-order chi connectivity index (χ0) is 19.4. The summed E-state index contributed by atoms with van der Waals surface area (Å²) in [7, 11) is 0. The molecule has 0 spiro atoms. The van der Waals surface area contributed by atoms with Crippen LogP contribution >= 0.6 is 0 Å². The molecule has 8 heteroatoms. The average molecular weight is 366 g/mol. The van der Waals surface area contributed by atoms with Crippen molar-refractivity contribution in [1.29, 1.82) is 5.26 Å². The lowest BCUT2D eigenvalue weighted by Crippen LogP contribution is -2.50. The van der Waals surface area contributed by atoms with Gasteiger partial charge in [0.25, 0.3) is 0 Å². The summed E-state index contributed by atoms with van der Waals surface area (Å²) in [6.07, 6.45) is 3.11. The quantitative estimate of drug-likeness (QED) is 0.805. The van der Waals surface area contributed by atoms with Crippen LogP contribution in [0.1, 0.15) is 26.5 Å².